The average Bonchev–Trinajstić information content (AvgIpc) is 3.40. The Balaban J connectivity index is 1.09. The number of benzene rings is 2. The normalized spacial score (nSPS) is 19.3. The second kappa shape index (κ2) is 11.7. The van der Waals surface area contributed by atoms with Crippen molar-refractivity contribution >= 4 is 40.5 Å². The topological polar surface area (TPSA) is 98.0 Å². The Hall–Kier alpha value is -3.66. The molecule has 2 aromatic heterocycles. The number of nitrogens with one attached hydrogen (secondary N) is 2. The van der Waals surface area contributed by atoms with Gasteiger partial charge in [-0.3, -0.25) is 4.79 Å². The van der Waals surface area contributed by atoms with E-state index in [-0.39, 0.29) is 5.91 Å². The lowest BCUT2D eigenvalue weighted by molar-refractivity contribution is 0.0118. The predicted molar refractivity (Wildman–Crippen MR) is 162 cm³/mol. The zero-order valence-electron chi connectivity index (χ0n) is 23.3. The van der Waals surface area contributed by atoms with Crippen LogP contribution in [0.4, 0.5) is 17.3 Å². The summed E-state index contributed by atoms with van der Waals surface area (Å²) in [5.41, 5.74) is 3.17. The molecule has 0 bridgehead atoms. The average molecular weight is 574 g/mol. The maximum Gasteiger partial charge on any atom is 0.251 e. The molecule has 1 amide bonds. The van der Waals surface area contributed by atoms with Crippen LogP contribution >= 0.6 is 11.6 Å². The number of pyridine rings is 1. The minimum absolute atomic E-state index is 0.0597. The van der Waals surface area contributed by atoms with Crippen LogP contribution < -0.4 is 15.5 Å². The van der Waals surface area contributed by atoms with Crippen molar-refractivity contribution in [2.75, 3.05) is 43.4 Å². The van der Waals surface area contributed by atoms with Crippen LogP contribution in [0.2, 0.25) is 5.02 Å². The van der Waals surface area contributed by atoms with Gasteiger partial charge in [-0.1, -0.05) is 30.2 Å². The molecular weight excluding hydrogens is 538 g/mol. The fraction of sp³-hybridized carbons (Fsp3) is 0.387. The molecule has 2 saturated heterocycles. The molecule has 4 aromatic rings. The van der Waals surface area contributed by atoms with E-state index in [1.807, 2.05) is 66.9 Å². The molecule has 1 unspecified atom stereocenters. The molecule has 2 aromatic carbocycles. The van der Waals surface area contributed by atoms with E-state index in [9.17, 15) is 9.90 Å². The van der Waals surface area contributed by atoms with E-state index in [4.69, 9.17) is 16.6 Å². The van der Waals surface area contributed by atoms with Crippen LogP contribution in [-0.4, -0.2) is 69.8 Å². The van der Waals surface area contributed by atoms with Gasteiger partial charge in [-0.15, -0.1) is 5.10 Å². The van der Waals surface area contributed by atoms with Crippen LogP contribution in [0.1, 0.15) is 48.0 Å². The highest BCUT2D eigenvalue weighted by atomic mass is 35.5. The number of nitrogens with zero attached hydrogens (tertiary/aromatic N) is 5. The Bertz CT molecular complexity index is 1500. The van der Waals surface area contributed by atoms with Crippen molar-refractivity contribution in [2.45, 2.75) is 43.7 Å². The van der Waals surface area contributed by atoms with Crippen molar-refractivity contribution in [3.63, 3.8) is 0 Å². The van der Waals surface area contributed by atoms with Crippen molar-refractivity contribution in [2.24, 2.45) is 0 Å². The molecule has 3 N–H and O–H groups in total. The number of aliphatic hydroxyl groups is 1. The smallest absolute Gasteiger partial charge is 0.251 e. The summed E-state index contributed by atoms with van der Waals surface area (Å²) >= 11 is 6.04. The second-order valence-corrected chi connectivity index (χ2v) is 11.6. The number of aromatic nitrogens is 3. The number of piperidine rings is 2. The number of likely N-dealkylation sites (tertiary alicyclic amines) is 1. The van der Waals surface area contributed by atoms with Crippen molar-refractivity contribution in [1.29, 1.82) is 0 Å². The number of anilines is 3. The molecule has 214 valence electrons. The lowest BCUT2D eigenvalue weighted by Gasteiger charge is -2.39. The van der Waals surface area contributed by atoms with Crippen LogP contribution in [-0.2, 0) is 5.60 Å². The molecule has 4 heterocycles. The number of carbonyl (C=O) groups is 1. The summed E-state index contributed by atoms with van der Waals surface area (Å²) in [4.78, 5) is 22.0. The summed E-state index contributed by atoms with van der Waals surface area (Å²) in [6.07, 6.45) is 6.65. The second-order valence-electron chi connectivity index (χ2n) is 11.2. The van der Waals surface area contributed by atoms with Gasteiger partial charge in [-0.25, -0.2) is 4.52 Å². The predicted octanol–water partition coefficient (Wildman–Crippen LogP) is 4.83. The van der Waals surface area contributed by atoms with Gasteiger partial charge in [0.1, 0.15) is 0 Å². The first-order valence-corrected chi connectivity index (χ1v) is 14.7. The Morgan fingerprint density at radius 2 is 1.80 bits per heavy atom. The Kier molecular flexibility index (Phi) is 7.84. The first kappa shape index (κ1) is 27.5. The van der Waals surface area contributed by atoms with E-state index in [1.165, 1.54) is 12.8 Å². The highest BCUT2D eigenvalue weighted by molar-refractivity contribution is 6.30. The van der Waals surface area contributed by atoms with Gasteiger partial charge in [0.2, 0.25) is 5.95 Å². The summed E-state index contributed by atoms with van der Waals surface area (Å²) in [6, 6.07) is 19.2. The molecule has 9 nitrogen and oxygen atoms in total. The van der Waals surface area contributed by atoms with Gasteiger partial charge in [0.15, 0.2) is 5.65 Å². The zero-order valence-corrected chi connectivity index (χ0v) is 24.0. The number of amides is 1. The maximum atomic E-state index is 12.7. The summed E-state index contributed by atoms with van der Waals surface area (Å²) in [5, 5.41) is 22.9. The molecule has 0 saturated carbocycles. The molecule has 10 heteroatoms. The van der Waals surface area contributed by atoms with Crippen LogP contribution in [0.5, 0.6) is 0 Å². The van der Waals surface area contributed by atoms with Gasteiger partial charge in [0.25, 0.3) is 5.91 Å². The third kappa shape index (κ3) is 6.02. The molecule has 2 aliphatic heterocycles. The van der Waals surface area contributed by atoms with E-state index < -0.39 is 5.60 Å². The molecule has 6 rings (SSSR count). The first-order chi connectivity index (χ1) is 19.9. The molecule has 0 radical (unpaired) electrons. The minimum Gasteiger partial charge on any atom is -0.385 e. The summed E-state index contributed by atoms with van der Waals surface area (Å²) < 4.78 is 1.77. The van der Waals surface area contributed by atoms with Gasteiger partial charge in [0.05, 0.1) is 11.3 Å². The largest absolute Gasteiger partial charge is 0.385 e. The fourth-order valence-corrected chi connectivity index (χ4v) is 6.03. The van der Waals surface area contributed by atoms with E-state index in [1.54, 1.807) is 4.52 Å². The zero-order chi connectivity index (χ0) is 28.4. The monoisotopic (exact) mass is 573 g/mol. The quantitative estimate of drug-likeness (QED) is 0.291. The third-order valence-electron chi connectivity index (χ3n) is 8.48. The SMILES string of the molecule is CN1CCCCC1CNC(=O)c1ccc(Nc2nc3c(N4CCC(O)(c5ccc(Cl)cc5)CC4)cccn3n2)cc1. The first-order valence-electron chi connectivity index (χ1n) is 14.3. The van der Waals surface area contributed by atoms with Crippen LogP contribution in [0.15, 0.2) is 66.9 Å². The van der Waals surface area contributed by atoms with Crippen molar-refractivity contribution < 1.29 is 9.90 Å². The van der Waals surface area contributed by atoms with E-state index >= 15 is 0 Å². The number of fused-ring (bicyclic) bond motifs is 1. The number of likely N-dealkylation sites (N-methyl/N-ethyl adjacent to an activating group) is 1. The van der Waals surface area contributed by atoms with Crippen LogP contribution in [0, 0.1) is 0 Å². The lowest BCUT2D eigenvalue weighted by Crippen LogP contribution is -2.44. The molecule has 1 atom stereocenters. The Labute approximate surface area is 245 Å². The highest BCUT2D eigenvalue weighted by Gasteiger charge is 2.34. The Morgan fingerprint density at radius 1 is 1.05 bits per heavy atom. The van der Waals surface area contributed by atoms with Crippen LogP contribution in [0.3, 0.4) is 0 Å². The van der Waals surface area contributed by atoms with Gasteiger partial charge in [-0.2, -0.15) is 4.98 Å². The van der Waals surface area contributed by atoms with Crippen molar-refractivity contribution in [1.82, 2.24) is 24.8 Å². The third-order valence-corrected chi connectivity index (χ3v) is 8.73. The van der Waals surface area contributed by atoms with E-state index in [2.05, 4.69) is 32.6 Å². The molecule has 41 heavy (non-hydrogen) atoms. The number of rotatable bonds is 7. The van der Waals surface area contributed by atoms with Crippen LogP contribution in [0.25, 0.3) is 5.65 Å². The van der Waals surface area contributed by atoms with E-state index in [0.29, 0.717) is 55.1 Å². The number of hydrogen-bond acceptors (Lipinski definition) is 7. The van der Waals surface area contributed by atoms with Crippen molar-refractivity contribution in [3.8, 4) is 0 Å². The van der Waals surface area contributed by atoms with Gasteiger partial charge >= 0.3 is 0 Å². The molecule has 0 spiro atoms. The summed E-state index contributed by atoms with van der Waals surface area (Å²) in [7, 11) is 2.13. The van der Waals surface area contributed by atoms with E-state index in [0.717, 1.165) is 35.6 Å². The fourth-order valence-electron chi connectivity index (χ4n) is 5.91. The summed E-state index contributed by atoms with van der Waals surface area (Å²) in [6.45, 7) is 3.13. The molecular formula is C31H36ClN7O2. The van der Waals surface area contributed by atoms with Crippen molar-refractivity contribution in [3.05, 3.63) is 83.0 Å². The number of carbonyl (C=O) groups excluding carboxylic acids is 1. The van der Waals surface area contributed by atoms with Gasteiger partial charge < -0.3 is 25.5 Å². The summed E-state index contributed by atoms with van der Waals surface area (Å²) in [5.74, 6) is 0.417. The molecule has 2 fully saturated rings. The Morgan fingerprint density at radius 3 is 2.54 bits per heavy atom. The number of halogens is 1. The lowest BCUT2D eigenvalue weighted by atomic mass is 9.84. The minimum atomic E-state index is -0.873. The molecule has 0 aliphatic carbocycles. The van der Waals surface area contributed by atoms with Gasteiger partial charge in [0, 0.05) is 48.1 Å². The van der Waals surface area contributed by atoms with Gasteiger partial charge in [-0.05, 0) is 93.4 Å². The highest BCUT2D eigenvalue weighted by Crippen LogP contribution is 2.36. The standard InChI is InChI=1S/C31H36ClN7O2/c1-37-17-3-2-5-26(37)21-33-29(40)22-7-13-25(14-8-22)34-30-35-28-27(6-4-18-39(28)36-30)38-19-15-31(41,16-20-38)23-9-11-24(32)12-10-23/h4,6-14,18,26,41H,2-3,5,15-17,19-21H2,1H3,(H,33,40)(H,34,36). The maximum absolute atomic E-state index is 12.7. The number of hydrogen-bond donors (Lipinski definition) is 3. The molecule has 2 aliphatic rings.